The SMILES string of the molecule is CCS(=O)(=O)c1ccccc1Oc1ccc(NC(=O)C2(N)CCCC2)cc1.Cl. The molecule has 1 aliphatic rings. The number of carbonyl (C=O) groups is 1. The summed E-state index contributed by atoms with van der Waals surface area (Å²) in [7, 11) is -3.39. The van der Waals surface area contributed by atoms with Crippen LogP contribution in [0.1, 0.15) is 32.6 Å². The zero-order valence-electron chi connectivity index (χ0n) is 15.7. The topological polar surface area (TPSA) is 98.5 Å². The number of nitrogens with one attached hydrogen (secondary N) is 1. The van der Waals surface area contributed by atoms with Crippen LogP contribution in [0.2, 0.25) is 0 Å². The van der Waals surface area contributed by atoms with E-state index in [2.05, 4.69) is 5.32 Å². The van der Waals surface area contributed by atoms with Gasteiger partial charge in [-0.05, 0) is 49.2 Å². The van der Waals surface area contributed by atoms with Crippen molar-refractivity contribution in [3.05, 3.63) is 48.5 Å². The van der Waals surface area contributed by atoms with E-state index in [1.807, 2.05) is 0 Å². The van der Waals surface area contributed by atoms with E-state index in [9.17, 15) is 13.2 Å². The molecule has 1 fully saturated rings. The zero-order valence-corrected chi connectivity index (χ0v) is 17.3. The van der Waals surface area contributed by atoms with Gasteiger partial charge in [-0.1, -0.05) is 31.9 Å². The average molecular weight is 425 g/mol. The van der Waals surface area contributed by atoms with Crippen molar-refractivity contribution in [2.75, 3.05) is 11.1 Å². The van der Waals surface area contributed by atoms with Crippen LogP contribution in [0.5, 0.6) is 11.5 Å². The molecule has 0 bridgehead atoms. The number of carbonyl (C=O) groups excluding carboxylic acids is 1. The molecule has 8 heteroatoms. The Balaban J connectivity index is 0.00000280. The van der Waals surface area contributed by atoms with Crippen molar-refractivity contribution in [2.24, 2.45) is 5.73 Å². The Morgan fingerprint density at radius 1 is 1.11 bits per heavy atom. The van der Waals surface area contributed by atoms with Gasteiger partial charge in [0.1, 0.15) is 16.4 Å². The lowest BCUT2D eigenvalue weighted by molar-refractivity contribution is -0.121. The maximum absolute atomic E-state index is 12.4. The number of halogens is 1. The number of hydrogen-bond acceptors (Lipinski definition) is 5. The molecule has 3 rings (SSSR count). The third-order valence-electron chi connectivity index (χ3n) is 4.85. The first-order chi connectivity index (χ1) is 12.8. The summed E-state index contributed by atoms with van der Waals surface area (Å²) in [6.45, 7) is 1.60. The predicted octanol–water partition coefficient (Wildman–Crippen LogP) is 3.90. The highest BCUT2D eigenvalue weighted by molar-refractivity contribution is 7.91. The molecule has 0 spiro atoms. The molecule has 0 aromatic heterocycles. The Labute approximate surface area is 171 Å². The van der Waals surface area contributed by atoms with Gasteiger partial charge < -0.3 is 15.8 Å². The van der Waals surface area contributed by atoms with Gasteiger partial charge in [-0.3, -0.25) is 4.79 Å². The quantitative estimate of drug-likeness (QED) is 0.732. The Hall–Kier alpha value is -2.09. The fourth-order valence-electron chi connectivity index (χ4n) is 3.17. The highest BCUT2D eigenvalue weighted by Gasteiger charge is 2.36. The Bertz CT molecular complexity index is 923. The predicted molar refractivity (Wildman–Crippen MR) is 112 cm³/mol. The summed E-state index contributed by atoms with van der Waals surface area (Å²) in [6.07, 6.45) is 3.33. The van der Waals surface area contributed by atoms with Gasteiger partial charge in [0.25, 0.3) is 0 Å². The number of nitrogens with two attached hydrogens (primary N) is 1. The summed E-state index contributed by atoms with van der Waals surface area (Å²) >= 11 is 0. The fourth-order valence-corrected chi connectivity index (χ4v) is 4.18. The van der Waals surface area contributed by atoms with Crippen molar-refractivity contribution in [3.63, 3.8) is 0 Å². The van der Waals surface area contributed by atoms with E-state index in [1.54, 1.807) is 49.4 Å². The molecule has 0 aliphatic heterocycles. The normalized spacial score (nSPS) is 15.5. The van der Waals surface area contributed by atoms with Crippen LogP contribution in [0.15, 0.2) is 53.4 Å². The third kappa shape index (κ3) is 4.84. The molecule has 2 aromatic rings. The minimum Gasteiger partial charge on any atom is -0.456 e. The second kappa shape index (κ2) is 8.94. The molecule has 6 nitrogen and oxygen atoms in total. The smallest absolute Gasteiger partial charge is 0.244 e. The van der Waals surface area contributed by atoms with Crippen LogP contribution in [0.3, 0.4) is 0 Å². The van der Waals surface area contributed by atoms with E-state index in [4.69, 9.17) is 10.5 Å². The monoisotopic (exact) mass is 424 g/mol. The second-order valence-corrected chi connectivity index (χ2v) is 9.04. The molecule has 0 atom stereocenters. The molecule has 0 radical (unpaired) electrons. The molecule has 0 unspecified atom stereocenters. The molecule has 28 heavy (non-hydrogen) atoms. The highest BCUT2D eigenvalue weighted by atomic mass is 35.5. The maximum atomic E-state index is 12.4. The summed E-state index contributed by atoms with van der Waals surface area (Å²) in [6, 6.07) is 13.3. The number of hydrogen-bond donors (Lipinski definition) is 2. The Kier molecular flexibility index (Phi) is 7.09. The first kappa shape index (κ1) is 22.2. The van der Waals surface area contributed by atoms with Crippen molar-refractivity contribution < 1.29 is 17.9 Å². The summed E-state index contributed by atoms with van der Waals surface area (Å²) in [5.74, 6) is 0.588. The number of amides is 1. The van der Waals surface area contributed by atoms with Gasteiger partial charge in [-0.2, -0.15) is 0 Å². The van der Waals surface area contributed by atoms with Gasteiger partial charge >= 0.3 is 0 Å². The number of para-hydroxylation sites is 1. The molecule has 1 amide bonds. The number of benzene rings is 2. The molecular formula is C20H25ClN2O4S. The van der Waals surface area contributed by atoms with Crippen LogP contribution in [0, 0.1) is 0 Å². The first-order valence-electron chi connectivity index (χ1n) is 9.04. The highest BCUT2D eigenvalue weighted by Crippen LogP contribution is 2.31. The van der Waals surface area contributed by atoms with Gasteiger partial charge in [0.15, 0.2) is 9.84 Å². The summed E-state index contributed by atoms with van der Waals surface area (Å²) in [4.78, 5) is 12.5. The van der Waals surface area contributed by atoms with Crippen LogP contribution < -0.4 is 15.8 Å². The van der Waals surface area contributed by atoms with Crippen LogP contribution in [0.4, 0.5) is 5.69 Å². The van der Waals surface area contributed by atoms with Crippen LogP contribution in [-0.2, 0) is 14.6 Å². The van der Waals surface area contributed by atoms with Gasteiger partial charge in [0, 0.05) is 5.69 Å². The van der Waals surface area contributed by atoms with Crippen molar-refractivity contribution in [1.82, 2.24) is 0 Å². The second-order valence-electron chi connectivity index (χ2n) is 6.79. The largest absolute Gasteiger partial charge is 0.456 e. The molecule has 152 valence electrons. The minimum absolute atomic E-state index is 0. The van der Waals surface area contributed by atoms with Crippen molar-refractivity contribution in [1.29, 1.82) is 0 Å². The first-order valence-corrected chi connectivity index (χ1v) is 10.7. The van der Waals surface area contributed by atoms with E-state index in [0.29, 0.717) is 24.3 Å². The standard InChI is InChI=1S/C20H24N2O4S.ClH/c1-2-27(24,25)18-8-4-3-7-17(18)26-16-11-9-15(10-12-16)22-19(23)20(21)13-5-6-14-20;/h3-4,7-12H,2,5-6,13-14,21H2,1H3,(H,22,23);1H. The van der Waals surface area contributed by atoms with E-state index in [1.165, 1.54) is 6.07 Å². The average Bonchev–Trinajstić information content (AvgIpc) is 3.12. The lowest BCUT2D eigenvalue weighted by Gasteiger charge is -2.22. The Morgan fingerprint density at radius 2 is 1.71 bits per heavy atom. The molecule has 1 saturated carbocycles. The van der Waals surface area contributed by atoms with Crippen LogP contribution in [-0.4, -0.2) is 25.6 Å². The molecule has 2 aromatic carbocycles. The molecule has 3 N–H and O–H groups in total. The molecule has 0 heterocycles. The number of anilines is 1. The van der Waals surface area contributed by atoms with Gasteiger partial charge in [-0.15, -0.1) is 12.4 Å². The lowest BCUT2D eigenvalue weighted by Crippen LogP contribution is -2.48. The molecular weight excluding hydrogens is 400 g/mol. The third-order valence-corrected chi connectivity index (χ3v) is 6.62. The zero-order chi connectivity index (χ0) is 19.5. The minimum atomic E-state index is -3.39. The number of rotatable bonds is 6. The number of ether oxygens (including phenoxy) is 1. The van der Waals surface area contributed by atoms with Crippen molar-refractivity contribution >= 4 is 33.8 Å². The van der Waals surface area contributed by atoms with E-state index in [0.717, 1.165) is 12.8 Å². The lowest BCUT2D eigenvalue weighted by atomic mass is 9.98. The summed E-state index contributed by atoms with van der Waals surface area (Å²) in [5, 5.41) is 2.84. The van der Waals surface area contributed by atoms with Crippen molar-refractivity contribution in [2.45, 2.75) is 43.0 Å². The summed E-state index contributed by atoms with van der Waals surface area (Å²) in [5.41, 5.74) is 5.99. The fraction of sp³-hybridized carbons (Fsp3) is 0.350. The molecule has 1 aliphatic carbocycles. The molecule has 0 saturated heterocycles. The Morgan fingerprint density at radius 3 is 2.32 bits per heavy atom. The summed E-state index contributed by atoms with van der Waals surface area (Å²) < 4.78 is 30.2. The van der Waals surface area contributed by atoms with Crippen molar-refractivity contribution in [3.8, 4) is 11.5 Å². The van der Waals surface area contributed by atoms with Gasteiger partial charge in [0.05, 0.1) is 11.3 Å². The number of sulfone groups is 1. The van der Waals surface area contributed by atoms with E-state index >= 15 is 0 Å². The van der Waals surface area contributed by atoms with E-state index < -0.39 is 15.4 Å². The van der Waals surface area contributed by atoms with Crippen LogP contribution >= 0.6 is 12.4 Å². The maximum Gasteiger partial charge on any atom is 0.244 e. The van der Waals surface area contributed by atoms with Gasteiger partial charge in [-0.25, -0.2) is 8.42 Å². The van der Waals surface area contributed by atoms with Gasteiger partial charge in [0.2, 0.25) is 5.91 Å². The van der Waals surface area contributed by atoms with E-state index in [-0.39, 0.29) is 34.7 Å². The van der Waals surface area contributed by atoms with Crippen LogP contribution in [0.25, 0.3) is 0 Å².